The Balaban J connectivity index is 1.60. The summed E-state index contributed by atoms with van der Waals surface area (Å²) in [6, 6.07) is 10.0. The highest BCUT2D eigenvalue weighted by Gasteiger charge is 2.57. The molecule has 0 aliphatic heterocycles. The van der Waals surface area contributed by atoms with Gasteiger partial charge in [-0.1, -0.05) is 30.3 Å². The fraction of sp³-hybridized carbons (Fsp3) is 0.333. The van der Waals surface area contributed by atoms with Crippen LogP contribution in [-0.2, 0) is 22.7 Å². The van der Waals surface area contributed by atoms with Gasteiger partial charge in [-0.15, -0.1) is 23.2 Å². The van der Waals surface area contributed by atoms with Crippen molar-refractivity contribution in [2.45, 2.75) is 23.9 Å². The summed E-state index contributed by atoms with van der Waals surface area (Å²) in [5, 5.41) is 0. The zero-order valence-corrected chi connectivity index (χ0v) is 12.7. The van der Waals surface area contributed by atoms with E-state index in [0.29, 0.717) is 18.8 Å². The molecular formula is C15H14Cl2N2O2. The molecule has 1 aliphatic rings. The van der Waals surface area contributed by atoms with Crippen molar-refractivity contribution in [2.75, 3.05) is 0 Å². The van der Waals surface area contributed by atoms with Gasteiger partial charge in [0.25, 0.3) is 0 Å². The van der Waals surface area contributed by atoms with Crippen molar-refractivity contribution < 1.29 is 9.53 Å². The summed E-state index contributed by atoms with van der Waals surface area (Å²) >= 11 is 11.7. The van der Waals surface area contributed by atoms with Crippen LogP contribution in [-0.4, -0.2) is 19.9 Å². The van der Waals surface area contributed by atoms with Crippen LogP contribution in [0.3, 0.4) is 0 Å². The van der Waals surface area contributed by atoms with Crippen molar-refractivity contribution in [3.8, 4) is 0 Å². The Morgan fingerprint density at radius 1 is 1.38 bits per heavy atom. The molecule has 0 saturated heterocycles. The van der Waals surface area contributed by atoms with Crippen LogP contribution in [0.5, 0.6) is 0 Å². The second kappa shape index (κ2) is 5.70. The summed E-state index contributed by atoms with van der Waals surface area (Å²) in [5.74, 6) is -0.0878. The van der Waals surface area contributed by atoms with Gasteiger partial charge in [-0.25, -0.2) is 4.98 Å². The Kier molecular flexibility index (Phi) is 3.91. The molecule has 4 nitrogen and oxygen atoms in total. The van der Waals surface area contributed by atoms with E-state index in [4.69, 9.17) is 27.9 Å². The van der Waals surface area contributed by atoms with E-state index in [-0.39, 0.29) is 12.6 Å². The molecule has 1 heterocycles. The molecule has 1 fully saturated rings. The van der Waals surface area contributed by atoms with Crippen molar-refractivity contribution in [1.29, 1.82) is 0 Å². The summed E-state index contributed by atoms with van der Waals surface area (Å²) in [6.45, 7) is 0.811. The molecule has 0 spiro atoms. The Bertz CT molecular complexity index is 640. The molecule has 0 bridgehead atoms. The third kappa shape index (κ3) is 3.39. The predicted octanol–water partition coefficient (Wildman–Crippen LogP) is 3.17. The second-order valence-electron chi connectivity index (χ2n) is 5.08. The predicted molar refractivity (Wildman–Crippen MR) is 80.1 cm³/mol. The van der Waals surface area contributed by atoms with Crippen LogP contribution in [0.1, 0.15) is 17.8 Å². The largest absolute Gasteiger partial charge is 0.457 e. The quantitative estimate of drug-likeness (QED) is 0.626. The van der Waals surface area contributed by atoms with Crippen LogP contribution in [0.2, 0.25) is 0 Å². The van der Waals surface area contributed by atoms with Gasteiger partial charge in [0.2, 0.25) is 0 Å². The van der Waals surface area contributed by atoms with Gasteiger partial charge in [0.05, 0.1) is 5.92 Å². The lowest BCUT2D eigenvalue weighted by atomic mass is 10.2. The maximum absolute atomic E-state index is 11.8. The average Bonchev–Trinajstić information content (AvgIpc) is 2.90. The minimum absolute atomic E-state index is 0.124. The van der Waals surface area contributed by atoms with Crippen LogP contribution in [0.15, 0.2) is 42.7 Å². The number of esters is 1. The number of imidazole rings is 1. The number of aromatic nitrogens is 2. The monoisotopic (exact) mass is 324 g/mol. The van der Waals surface area contributed by atoms with Crippen molar-refractivity contribution in [3.05, 3.63) is 54.1 Å². The van der Waals surface area contributed by atoms with E-state index in [1.807, 2.05) is 41.1 Å². The van der Waals surface area contributed by atoms with Gasteiger partial charge >= 0.3 is 5.97 Å². The van der Waals surface area contributed by atoms with E-state index in [1.165, 1.54) is 0 Å². The topological polar surface area (TPSA) is 44.1 Å². The Labute approximate surface area is 132 Å². The lowest BCUT2D eigenvalue weighted by Crippen LogP contribution is -2.13. The van der Waals surface area contributed by atoms with E-state index in [1.54, 1.807) is 6.20 Å². The van der Waals surface area contributed by atoms with Gasteiger partial charge in [0, 0.05) is 18.9 Å². The van der Waals surface area contributed by atoms with E-state index in [2.05, 4.69) is 4.98 Å². The van der Waals surface area contributed by atoms with Gasteiger partial charge in [-0.2, -0.15) is 0 Å². The summed E-state index contributed by atoms with van der Waals surface area (Å²) in [6.07, 6.45) is 4.00. The third-order valence-electron chi connectivity index (χ3n) is 3.45. The number of hydrogen-bond donors (Lipinski definition) is 0. The molecular weight excluding hydrogens is 311 g/mol. The second-order valence-corrected chi connectivity index (χ2v) is 6.62. The molecule has 0 N–H and O–H groups in total. The summed E-state index contributed by atoms with van der Waals surface area (Å²) in [5.41, 5.74) is 1.16. The highest BCUT2D eigenvalue weighted by atomic mass is 35.5. The first-order valence-corrected chi connectivity index (χ1v) is 7.40. The van der Waals surface area contributed by atoms with Gasteiger partial charge in [0.15, 0.2) is 0 Å². The van der Waals surface area contributed by atoms with Crippen LogP contribution in [0.25, 0.3) is 0 Å². The van der Waals surface area contributed by atoms with Gasteiger partial charge < -0.3 is 9.30 Å². The van der Waals surface area contributed by atoms with Gasteiger partial charge in [-0.3, -0.25) is 4.79 Å². The summed E-state index contributed by atoms with van der Waals surface area (Å²) in [7, 11) is 0. The van der Waals surface area contributed by atoms with Crippen molar-refractivity contribution >= 4 is 29.2 Å². The van der Waals surface area contributed by atoms with Crippen LogP contribution >= 0.6 is 23.2 Å². The number of halogens is 2. The molecule has 110 valence electrons. The zero-order valence-electron chi connectivity index (χ0n) is 11.2. The number of rotatable bonds is 5. The fourth-order valence-corrected chi connectivity index (χ4v) is 2.60. The molecule has 2 aromatic rings. The summed E-state index contributed by atoms with van der Waals surface area (Å²) in [4.78, 5) is 16.0. The van der Waals surface area contributed by atoms with E-state index < -0.39 is 10.3 Å². The first kappa shape index (κ1) is 14.4. The van der Waals surface area contributed by atoms with Crippen molar-refractivity contribution in [3.63, 3.8) is 0 Å². The highest BCUT2D eigenvalue weighted by molar-refractivity contribution is 6.52. The smallest absolute Gasteiger partial charge is 0.312 e. The highest BCUT2D eigenvalue weighted by Crippen LogP contribution is 2.53. The molecule has 21 heavy (non-hydrogen) atoms. The zero-order chi connectivity index (χ0) is 14.9. The van der Waals surface area contributed by atoms with Gasteiger partial charge in [-0.05, 0) is 12.0 Å². The molecule has 6 heteroatoms. The SMILES string of the molecule is O=C(OCc1nccn1Cc1ccccc1)C1CC1(Cl)Cl. The van der Waals surface area contributed by atoms with E-state index >= 15 is 0 Å². The minimum atomic E-state index is -0.948. The number of ether oxygens (including phenoxy) is 1. The molecule has 1 unspecified atom stereocenters. The molecule has 0 radical (unpaired) electrons. The fourth-order valence-electron chi connectivity index (χ4n) is 2.11. The Morgan fingerprint density at radius 2 is 2.10 bits per heavy atom. The average molecular weight is 325 g/mol. The van der Waals surface area contributed by atoms with E-state index in [9.17, 15) is 4.79 Å². The standard InChI is InChI=1S/C15H14Cl2N2O2/c16-15(17)8-12(15)14(20)21-10-13-18-6-7-19(13)9-11-4-2-1-3-5-11/h1-7,12H,8-10H2. The number of carbonyl (C=O) groups is 1. The van der Waals surface area contributed by atoms with Crippen LogP contribution in [0, 0.1) is 5.92 Å². The maximum Gasteiger partial charge on any atom is 0.312 e. The number of hydrogen-bond acceptors (Lipinski definition) is 3. The maximum atomic E-state index is 11.8. The Morgan fingerprint density at radius 3 is 2.76 bits per heavy atom. The van der Waals surface area contributed by atoms with Crippen LogP contribution < -0.4 is 0 Å². The molecule has 3 rings (SSSR count). The molecule has 0 amide bonds. The molecule has 1 saturated carbocycles. The normalized spacial score (nSPS) is 19.2. The number of carbonyl (C=O) groups excluding carboxylic acids is 1. The van der Waals surface area contributed by atoms with Crippen molar-refractivity contribution in [1.82, 2.24) is 9.55 Å². The van der Waals surface area contributed by atoms with E-state index in [0.717, 1.165) is 5.56 Å². The molecule has 1 aromatic heterocycles. The number of benzene rings is 1. The number of nitrogens with zero attached hydrogens (tertiary/aromatic N) is 2. The minimum Gasteiger partial charge on any atom is -0.457 e. The van der Waals surface area contributed by atoms with Gasteiger partial charge in [0.1, 0.15) is 16.8 Å². The van der Waals surface area contributed by atoms with Crippen molar-refractivity contribution in [2.24, 2.45) is 5.92 Å². The third-order valence-corrected chi connectivity index (χ3v) is 4.29. The molecule has 1 aliphatic carbocycles. The lowest BCUT2D eigenvalue weighted by molar-refractivity contribution is -0.146. The lowest BCUT2D eigenvalue weighted by Gasteiger charge is -2.09. The Hall–Kier alpha value is -1.52. The van der Waals surface area contributed by atoms with Crippen LogP contribution in [0.4, 0.5) is 0 Å². The first-order valence-electron chi connectivity index (χ1n) is 6.65. The first-order chi connectivity index (χ1) is 10.1. The number of alkyl halides is 2. The summed E-state index contributed by atoms with van der Waals surface area (Å²) < 4.78 is 6.23. The molecule has 1 aromatic carbocycles. The molecule has 1 atom stereocenters.